The molecular weight excluding hydrogens is 472 g/mol. The summed E-state index contributed by atoms with van der Waals surface area (Å²) in [6, 6.07) is 3.29. The van der Waals surface area contributed by atoms with Crippen LogP contribution in [0.15, 0.2) is 42.9 Å². The van der Waals surface area contributed by atoms with Crippen LogP contribution in [0.25, 0.3) is 0 Å². The van der Waals surface area contributed by atoms with E-state index in [0.29, 0.717) is 11.3 Å². The first-order chi connectivity index (χ1) is 17.0. The van der Waals surface area contributed by atoms with Gasteiger partial charge in [0.25, 0.3) is 0 Å². The van der Waals surface area contributed by atoms with Gasteiger partial charge in [-0.2, -0.15) is 0 Å². The van der Waals surface area contributed by atoms with Crippen molar-refractivity contribution < 1.29 is 34.5 Å². The standard InChI is InChI=1S/C23H32N6O7/c1-12(30)18(24)21(33)29-19(13(2)31)22(34)27-16(8-14-6-4-3-5-7-14)20(32)28-17(23(35)36)9-15-10-25-11-26-15/h3-7,10-13,16-19,30-31H,8-9,24H2,1-2H3,(H,25,26)(H,27,34)(H,28,32)(H,29,33)(H,35,36). The lowest BCUT2D eigenvalue weighted by Gasteiger charge is -2.27. The first-order valence-corrected chi connectivity index (χ1v) is 11.3. The molecule has 6 unspecified atom stereocenters. The summed E-state index contributed by atoms with van der Waals surface area (Å²) >= 11 is 0. The van der Waals surface area contributed by atoms with Gasteiger partial charge in [0, 0.05) is 24.7 Å². The molecule has 0 bridgehead atoms. The van der Waals surface area contributed by atoms with Crippen molar-refractivity contribution >= 4 is 23.7 Å². The molecule has 0 aliphatic rings. The second kappa shape index (κ2) is 13.3. The molecule has 0 aliphatic heterocycles. The maximum Gasteiger partial charge on any atom is 0.326 e. The number of aliphatic hydroxyl groups is 2. The van der Waals surface area contributed by atoms with Crippen LogP contribution in [0.2, 0.25) is 0 Å². The van der Waals surface area contributed by atoms with E-state index in [-0.39, 0.29) is 12.8 Å². The Morgan fingerprint density at radius 3 is 2.08 bits per heavy atom. The number of nitrogens with one attached hydrogen (secondary N) is 4. The summed E-state index contributed by atoms with van der Waals surface area (Å²) in [6.07, 6.45) is 0.158. The van der Waals surface area contributed by atoms with Crippen molar-refractivity contribution in [1.29, 1.82) is 0 Å². The number of benzene rings is 1. The van der Waals surface area contributed by atoms with Crippen LogP contribution in [0.5, 0.6) is 0 Å². The second-order valence-electron chi connectivity index (χ2n) is 8.42. The van der Waals surface area contributed by atoms with E-state index in [2.05, 4.69) is 25.9 Å². The largest absolute Gasteiger partial charge is 0.480 e. The average Bonchev–Trinajstić information content (AvgIpc) is 3.34. The molecule has 13 nitrogen and oxygen atoms in total. The number of aliphatic hydroxyl groups excluding tert-OH is 2. The smallest absolute Gasteiger partial charge is 0.326 e. The van der Waals surface area contributed by atoms with Gasteiger partial charge in [0.15, 0.2) is 0 Å². The molecule has 196 valence electrons. The average molecular weight is 505 g/mol. The van der Waals surface area contributed by atoms with Crippen molar-refractivity contribution in [3.63, 3.8) is 0 Å². The highest BCUT2D eigenvalue weighted by molar-refractivity contribution is 5.94. The predicted octanol–water partition coefficient (Wildman–Crippen LogP) is -2.18. The van der Waals surface area contributed by atoms with Crippen LogP contribution in [-0.2, 0) is 32.0 Å². The lowest BCUT2D eigenvalue weighted by molar-refractivity contribution is -0.142. The highest BCUT2D eigenvalue weighted by atomic mass is 16.4. The molecule has 1 aromatic heterocycles. The van der Waals surface area contributed by atoms with Crippen molar-refractivity contribution in [1.82, 2.24) is 25.9 Å². The highest BCUT2D eigenvalue weighted by Crippen LogP contribution is 2.07. The number of amides is 3. The molecule has 36 heavy (non-hydrogen) atoms. The lowest BCUT2D eigenvalue weighted by Crippen LogP contribution is -2.61. The van der Waals surface area contributed by atoms with Crippen LogP contribution >= 0.6 is 0 Å². The summed E-state index contributed by atoms with van der Waals surface area (Å²) in [5.74, 6) is -3.84. The Kier molecular flexibility index (Phi) is 10.5. The first kappa shape index (κ1) is 28.4. The molecular formula is C23H32N6O7. The maximum atomic E-state index is 13.1. The van der Waals surface area contributed by atoms with E-state index in [1.807, 2.05) is 0 Å². The number of hydrogen-bond acceptors (Lipinski definition) is 8. The number of hydrogen-bond donors (Lipinski definition) is 8. The zero-order chi connectivity index (χ0) is 26.8. The number of rotatable bonds is 13. The minimum Gasteiger partial charge on any atom is -0.480 e. The molecule has 2 aromatic rings. The van der Waals surface area contributed by atoms with E-state index >= 15 is 0 Å². The quantitative estimate of drug-likeness (QED) is 0.148. The number of carboxylic acids is 1. The summed E-state index contributed by atoms with van der Waals surface area (Å²) in [6.45, 7) is 2.56. The topological polar surface area (TPSA) is 220 Å². The minimum absolute atomic E-state index is 0.00245. The van der Waals surface area contributed by atoms with Crippen molar-refractivity contribution in [2.45, 2.75) is 63.1 Å². The fourth-order valence-corrected chi connectivity index (χ4v) is 3.28. The minimum atomic E-state index is -1.49. The first-order valence-electron chi connectivity index (χ1n) is 11.3. The third-order valence-corrected chi connectivity index (χ3v) is 5.39. The Balaban J connectivity index is 2.22. The second-order valence-corrected chi connectivity index (χ2v) is 8.42. The molecule has 1 aromatic carbocycles. The van der Waals surface area contributed by atoms with Crippen LogP contribution in [0.4, 0.5) is 0 Å². The molecule has 9 N–H and O–H groups in total. The van der Waals surface area contributed by atoms with Gasteiger partial charge < -0.3 is 42.0 Å². The molecule has 0 saturated carbocycles. The van der Waals surface area contributed by atoms with Crippen molar-refractivity contribution in [2.24, 2.45) is 5.73 Å². The van der Waals surface area contributed by atoms with Gasteiger partial charge in [-0.1, -0.05) is 30.3 Å². The number of carboxylic acid groups (broad SMARTS) is 1. The van der Waals surface area contributed by atoms with Crippen molar-refractivity contribution in [2.75, 3.05) is 0 Å². The molecule has 0 spiro atoms. The number of carbonyl (C=O) groups is 4. The fraction of sp³-hybridized carbons (Fsp3) is 0.435. The Bertz CT molecular complexity index is 1010. The van der Waals surface area contributed by atoms with Gasteiger partial charge in [-0.15, -0.1) is 0 Å². The number of carbonyl (C=O) groups excluding carboxylic acids is 3. The highest BCUT2D eigenvalue weighted by Gasteiger charge is 2.33. The van der Waals surface area contributed by atoms with Crippen LogP contribution in [0.1, 0.15) is 25.1 Å². The van der Waals surface area contributed by atoms with Crippen molar-refractivity contribution in [3.8, 4) is 0 Å². The maximum absolute atomic E-state index is 13.1. The van der Waals surface area contributed by atoms with Gasteiger partial charge in [0.2, 0.25) is 17.7 Å². The van der Waals surface area contributed by atoms with E-state index in [9.17, 15) is 34.5 Å². The summed E-state index contributed by atoms with van der Waals surface area (Å²) in [4.78, 5) is 56.7. The zero-order valence-corrected chi connectivity index (χ0v) is 19.9. The molecule has 6 atom stereocenters. The van der Waals surface area contributed by atoms with Gasteiger partial charge in [0.05, 0.1) is 18.5 Å². The van der Waals surface area contributed by atoms with Gasteiger partial charge in [-0.25, -0.2) is 9.78 Å². The number of H-pyrrole nitrogens is 1. The SMILES string of the molecule is CC(O)C(N)C(=O)NC(C(=O)NC(Cc1ccccc1)C(=O)NC(Cc1cnc[nH]1)C(=O)O)C(C)O. The molecule has 13 heteroatoms. The van der Waals surface area contributed by atoms with Crippen LogP contribution in [-0.4, -0.2) is 85.4 Å². The third-order valence-electron chi connectivity index (χ3n) is 5.39. The number of aromatic amines is 1. The number of imidazole rings is 1. The molecule has 0 saturated heterocycles. The summed E-state index contributed by atoms with van der Waals surface area (Å²) in [5.41, 5.74) is 6.75. The van der Waals surface area contributed by atoms with E-state index in [1.54, 1.807) is 30.3 Å². The molecule has 0 aliphatic carbocycles. The number of aliphatic carboxylic acids is 1. The van der Waals surface area contributed by atoms with Gasteiger partial charge in [-0.05, 0) is 19.4 Å². The Morgan fingerprint density at radius 1 is 0.917 bits per heavy atom. The number of nitrogens with zero attached hydrogens (tertiary/aromatic N) is 1. The molecule has 0 radical (unpaired) electrons. The number of nitrogens with two attached hydrogens (primary N) is 1. The third kappa shape index (κ3) is 8.45. The van der Waals surface area contributed by atoms with E-state index in [4.69, 9.17) is 5.73 Å². The predicted molar refractivity (Wildman–Crippen MR) is 127 cm³/mol. The van der Waals surface area contributed by atoms with E-state index < -0.39 is 60.1 Å². The fourth-order valence-electron chi connectivity index (χ4n) is 3.28. The van der Waals surface area contributed by atoms with Crippen molar-refractivity contribution in [3.05, 3.63) is 54.1 Å². The summed E-state index contributed by atoms with van der Waals surface area (Å²) in [7, 11) is 0. The molecule has 3 amide bonds. The monoisotopic (exact) mass is 504 g/mol. The summed E-state index contributed by atoms with van der Waals surface area (Å²) in [5, 5.41) is 36.4. The van der Waals surface area contributed by atoms with Crippen LogP contribution < -0.4 is 21.7 Å². The number of aromatic nitrogens is 2. The van der Waals surface area contributed by atoms with Gasteiger partial charge >= 0.3 is 5.97 Å². The Hall–Kier alpha value is -3.81. The zero-order valence-electron chi connectivity index (χ0n) is 19.9. The summed E-state index contributed by atoms with van der Waals surface area (Å²) < 4.78 is 0. The lowest BCUT2D eigenvalue weighted by atomic mass is 10.0. The molecule has 0 fully saturated rings. The van der Waals surface area contributed by atoms with E-state index in [1.165, 1.54) is 26.4 Å². The van der Waals surface area contributed by atoms with Gasteiger partial charge in [0.1, 0.15) is 24.2 Å². The van der Waals surface area contributed by atoms with Crippen LogP contribution in [0.3, 0.4) is 0 Å². The molecule has 2 rings (SSSR count). The van der Waals surface area contributed by atoms with E-state index in [0.717, 1.165) is 0 Å². The Morgan fingerprint density at radius 2 is 1.56 bits per heavy atom. The normalized spacial score (nSPS) is 16.0. The molecule has 1 heterocycles. The Labute approximate surface area is 207 Å². The van der Waals surface area contributed by atoms with Crippen LogP contribution in [0, 0.1) is 0 Å². The van der Waals surface area contributed by atoms with Gasteiger partial charge in [-0.3, -0.25) is 14.4 Å².